The average Bonchev–Trinajstić information content (AvgIpc) is 2.52. The topological polar surface area (TPSA) is 66.5 Å². The molecule has 2 aromatic rings. The van der Waals surface area contributed by atoms with Gasteiger partial charge in [-0.05, 0) is 47.9 Å². The number of fused-ring (bicyclic) bond motifs is 1. The average molecular weight is 348 g/mol. The highest BCUT2D eigenvalue weighted by atomic mass is 32.2. The molecular weight excluding hydrogens is 331 g/mol. The first-order valence-electron chi connectivity index (χ1n) is 7.47. The highest BCUT2D eigenvalue weighted by Gasteiger charge is 2.27. The quantitative estimate of drug-likeness (QED) is 0.927. The van der Waals surface area contributed by atoms with E-state index in [4.69, 9.17) is 0 Å². The molecule has 1 aliphatic rings. The molecule has 1 heterocycles. The van der Waals surface area contributed by atoms with Crippen molar-refractivity contribution in [2.45, 2.75) is 24.2 Å². The van der Waals surface area contributed by atoms with E-state index >= 15 is 0 Å². The minimum Gasteiger partial charge on any atom is -0.315 e. The summed E-state index contributed by atoms with van der Waals surface area (Å²) >= 11 is 0. The summed E-state index contributed by atoms with van der Waals surface area (Å²) in [5, 5.41) is 0. The van der Waals surface area contributed by atoms with Crippen LogP contribution in [-0.4, -0.2) is 21.4 Å². The molecule has 1 atom stereocenters. The second-order valence-electron chi connectivity index (χ2n) is 5.89. The fourth-order valence-corrected chi connectivity index (χ4v) is 3.89. The molecule has 0 saturated heterocycles. The van der Waals surface area contributed by atoms with Crippen LogP contribution in [0.2, 0.25) is 0 Å². The predicted octanol–water partition coefficient (Wildman–Crippen LogP) is 3.10. The van der Waals surface area contributed by atoms with Gasteiger partial charge in [-0.25, -0.2) is 12.8 Å². The summed E-state index contributed by atoms with van der Waals surface area (Å²) in [5.74, 6) is -0.581. The Hall–Kier alpha value is -2.41. The minimum absolute atomic E-state index is 0.00215. The molecule has 2 aromatic carbocycles. The predicted molar refractivity (Wildman–Crippen MR) is 90.1 cm³/mol. The lowest BCUT2D eigenvalue weighted by atomic mass is 9.91. The molecule has 7 heteroatoms. The lowest BCUT2D eigenvalue weighted by molar-refractivity contribution is -0.119. The fraction of sp³-hybridized carbons (Fsp3) is 0.235. The van der Waals surface area contributed by atoms with Crippen molar-refractivity contribution in [1.29, 1.82) is 0 Å². The molecule has 126 valence electrons. The number of nitrogens with one attached hydrogen (secondary N) is 1. The molecule has 1 aliphatic heterocycles. The SMILES string of the molecule is CC1CC(=O)N(C)c2ccc(NS(=O)(=O)c3cccc(F)c3)cc21. The van der Waals surface area contributed by atoms with Crippen molar-refractivity contribution in [2.75, 3.05) is 16.7 Å². The molecule has 1 unspecified atom stereocenters. The molecular formula is C17H17FN2O3S. The van der Waals surface area contributed by atoms with Gasteiger partial charge in [0.25, 0.3) is 10.0 Å². The first-order chi connectivity index (χ1) is 11.3. The van der Waals surface area contributed by atoms with Gasteiger partial charge < -0.3 is 4.90 Å². The van der Waals surface area contributed by atoms with Crippen molar-refractivity contribution in [3.05, 3.63) is 53.8 Å². The third-order valence-corrected chi connectivity index (χ3v) is 5.51. The van der Waals surface area contributed by atoms with Crippen LogP contribution in [0.3, 0.4) is 0 Å². The summed E-state index contributed by atoms with van der Waals surface area (Å²) in [6.45, 7) is 1.93. The van der Waals surface area contributed by atoms with Gasteiger partial charge in [0.1, 0.15) is 5.82 Å². The van der Waals surface area contributed by atoms with E-state index in [2.05, 4.69) is 4.72 Å². The van der Waals surface area contributed by atoms with Crippen LogP contribution in [0.15, 0.2) is 47.4 Å². The van der Waals surface area contributed by atoms with Gasteiger partial charge in [-0.3, -0.25) is 9.52 Å². The second kappa shape index (κ2) is 5.90. The molecule has 0 saturated carbocycles. The molecule has 1 N–H and O–H groups in total. The Bertz CT molecular complexity index is 912. The maximum absolute atomic E-state index is 13.3. The fourth-order valence-electron chi connectivity index (χ4n) is 2.81. The smallest absolute Gasteiger partial charge is 0.261 e. The van der Waals surface area contributed by atoms with E-state index in [1.54, 1.807) is 30.1 Å². The number of hydrogen-bond donors (Lipinski definition) is 1. The summed E-state index contributed by atoms with van der Waals surface area (Å²) in [5.41, 5.74) is 2.05. The highest BCUT2D eigenvalue weighted by molar-refractivity contribution is 7.92. The van der Waals surface area contributed by atoms with E-state index in [0.29, 0.717) is 12.1 Å². The van der Waals surface area contributed by atoms with E-state index < -0.39 is 15.8 Å². The Labute approximate surface area is 140 Å². The summed E-state index contributed by atoms with van der Waals surface area (Å²) in [6, 6.07) is 9.87. The summed E-state index contributed by atoms with van der Waals surface area (Å²) < 4.78 is 40.5. The van der Waals surface area contributed by atoms with Crippen LogP contribution in [0.25, 0.3) is 0 Å². The third-order valence-electron chi connectivity index (χ3n) is 4.13. The van der Waals surface area contributed by atoms with Crippen LogP contribution in [0.5, 0.6) is 0 Å². The Morgan fingerprint density at radius 1 is 1.21 bits per heavy atom. The van der Waals surface area contributed by atoms with Crippen LogP contribution in [0.4, 0.5) is 15.8 Å². The zero-order chi connectivity index (χ0) is 17.5. The van der Waals surface area contributed by atoms with Crippen molar-refractivity contribution in [2.24, 2.45) is 0 Å². The normalized spacial score (nSPS) is 17.5. The first-order valence-corrected chi connectivity index (χ1v) is 8.95. The van der Waals surface area contributed by atoms with E-state index in [1.807, 2.05) is 6.92 Å². The van der Waals surface area contributed by atoms with Gasteiger partial charge in [0.2, 0.25) is 5.91 Å². The summed E-state index contributed by atoms with van der Waals surface area (Å²) in [7, 11) is -2.18. The number of anilines is 2. The molecule has 0 radical (unpaired) electrons. The van der Waals surface area contributed by atoms with Crippen LogP contribution in [0, 0.1) is 5.82 Å². The van der Waals surface area contributed by atoms with E-state index in [0.717, 1.165) is 17.3 Å². The van der Waals surface area contributed by atoms with Crippen LogP contribution in [-0.2, 0) is 14.8 Å². The van der Waals surface area contributed by atoms with Gasteiger partial charge >= 0.3 is 0 Å². The van der Waals surface area contributed by atoms with Crippen LogP contribution >= 0.6 is 0 Å². The standard InChI is InChI=1S/C17H17FN2O3S/c1-11-8-17(21)20(2)16-7-6-13(10-15(11)16)19-24(22,23)14-5-3-4-12(18)9-14/h3-7,9-11,19H,8H2,1-2H3. The first kappa shape index (κ1) is 16.4. The van der Waals surface area contributed by atoms with Crippen molar-refractivity contribution in [3.8, 4) is 0 Å². The summed E-state index contributed by atoms with van der Waals surface area (Å²) in [6.07, 6.45) is 0.379. The molecule has 1 amide bonds. The number of hydrogen-bond acceptors (Lipinski definition) is 3. The van der Waals surface area contributed by atoms with Gasteiger partial charge in [-0.15, -0.1) is 0 Å². The van der Waals surface area contributed by atoms with Gasteiger partial charge in [0, 0.05) is 24.8 Å². The number of carbonyl (C=O) groups is 1. The monoisotopic (exact) mass is 348 g/mol. The number of halogens is 1. The maximum atomic E-state index is 13.3. The Kier molecular flexibility index (Phi) is 4.04. The molecule has 0 aliphatic carbocycles. The highest BCUT2D eigenvalue weighted by Crippen LogP contribution is 2.36. The number of rotatable bonds is 3. The molecule has 5 nitrogen and oxygen atoms in total. The lowest BCUT2D eigenvalue weighted by Crippen LogP contribution is -2.32. The van der Waals surface area contributed by atoms with Gasteiger partial charge in [0.15, 0.2) is 0 Å². The Morgan fingerprint density at radius 2 is 1.96 bits per heavy atom. The van der Waals surface area contributed by atoms with E-state index in [1.165, 1.54) is 18.2 Å². The number of sulfonamides is 1. The van der Waals surface area contributed by atoms with Crippen LogP contribution in [0.1, 0.15) is 24.8 Å². The van der Waals surface area contributed by atoms with Crippen molar-refractivity contribution in [1.82, 2.24) is 0 Å². The minimum atomic E-state index is -3.87. The zero-order valence-corrected chi connectivity index (χ0v) is 14.1. The van der Waals surface area contributed by atoms with Crippen LogP contribution < -0.4 is 9.62 Å². The van der Waals surface area contributed by atoms with Crippen molar-refractivity contribution in [3.63, 3.8) is 0 Å². The number of benzene rings is 2. The molecule has 0 aromatic heterocycles. The lowest BCUT2D eigenvalue weighted by Gasteiger charge is -2.30. The largest absolute Gasteiger partial charge is 0.315 e. The molecule has 0 fully saturated rings. The second-order valence-corrected chi connectivity index (χ2v) is 7.58. The summed E-state index contributed by atoms with van der Waals surface area (Å²) in [4.78, 5) is 13.3. The molecule has 0 bridgehead atoms. The molecule has 0 spiro atoms. The third kappa shape index (κ3) is 2.99. The van der Waals surface area contributed by atoms with Crippen molar-refractivity contribution < 1.29 is 17.6 Å². The maximum Gasteiger partial charge on any atom is 0.261 e. The van der Waals surface area contributed by atoms with Crippen molar-refractivity contribution >= 4 is 27.3 Å². The number of nitrogens with zero attached hydrogens (tertiary/aromatic N) is 1. The van der Waals surface area contributed by atoms with E-state index in [9.17, 15) is 17.6 Å². The Morgan fingerprint density at radius 3 is 2.67 bits per heavy atom. The van der Waals surface area contributed by atoms with Gasteiger partial charge in [-0.1, -0.05) is 13.0 Å². The molecule has 24 heavy (non-hydrogen) atoms. The Balaban J connectivity index is 1.94. The number of carbonyl (C=O) groups excluding carboxylic acids is 1. The molecule has 3 rings (SSSR count). The van der Waals surface area contributed by atoms with Gasteiger partial charge in [0.05, 0.1) is 4.90 Å². The van der Waals surface area contributed by atoms with E-state index in [-0.39, 0.29) is 16.7 Å². The van der Waals surface area contributed by atoms with Gasteiger partial charge in [-0.2, -0.15) is 0 Å². The number of amides is 1. The zero-order valence-electron chi connectivity index (χ0n) is 13.3.